The molecule has 1 heterocycles. The van der Waals surface area contributed by atoms with Gasteiger partial charge in [0.2, 0.25) is 15.9 Å². The van der Waals surface area contributed by atoms with Crippen molar-refractivity contribution in [2.45, 2.75) is 24.7 Å². The number of carbonyl (C=O) groups excluding carboxylic acids is 1. The number of benzene rings is 2. The number of anilines is 1. The lowest BCUT2D eigenvalue weighted by Crippen LogP contribution is -2.43. The minimum atomic E-state index is -3.78. The van der Waals surface area contributed by atoms with Crippen molar-refractivity contribution >= 4 is 33.2 Å². The van der Waals surface area contributed by atoms with Crippen molar-refractivity contribution in [1.82, 2.24) is 4.31 Å². The van der Waals surface area contributed by atoms with Gasteiger partial charge in [-0.2, -0.15) is 4.31 Å². The van der Waals surface area contributed by atoms with Crippen molar-refractivity contribution < 1.29 is 22.7 Å². The van der Waals surface area contributed by atoms with E-state index in [0.29, 0.717) is 41.6 Å². The molecule has 0 bridgehead atoms. The van der Waals surface area contributed by atoms with Gasteiger partial charge in [-0.25, -0.2) is 8.42 Å². The highest BCUT2D eigenvalue weighted by Crippen LogP contribution is 2.32. The maximum Gasteiger partial charge on any atom is 0.243 e. The molecule has 0 saturated carbocycles. The molecule has 0 spiro atoms. The number of carbonyl (C=O) groups is 1. The second kappa shape index (κ2) is 9.24. The van der Waals surface area contributed by atoms with E-state index in [1.54, 1.807) is 18.2 Å². The van der Waals surface area contributed by atoms with Crippen LogP contribution in [0.2, 0.25) is 5.02 Å². The normalized spacial score (nSPS) is 17.4. The zero-order chi connectivity index (χ0) is 21.9. The molecule has 30 heavy (non-hydrogen) atoms. The van der Waals surface area contributed by atoms with Crippen molar-refractivity contribution in [2.75, 3.05) is 32.6 Å². The Morgan fingerprint density at radius 1 is 1.13 bits per heavy atom. The third-order valence-electron chi connectivity index (χ3n) is 5.21. The number of ether oxygens (including phenoxy) is 2. The van der Waals surface area contributed by atoms with E-state index in [4.69, 9.17) is 21.1 Å². The summed E-state index contributed by atoms with van der Waals surface area (Å²) < 4.78 is 38.1. The van der Waals surface area contributed by atoms with E-state index >= 15 is 0 Å². The van der Waals surface area contributed by atoms with Crippen LogP contribution < -0.4 is 14.8 Å². The predicted molar refractivity (Wildman–Crippen MR) is 116 cm³/mol. The van der Waals surface area contributed by atoms with Gasteiger partial charge in [0, 0.05) is 29.9 Å². The summed E-state index contributed by atoms with van der Waals surface area (Å²) in [6.45, 7) is 2.35. The standard InChI is InChI=1S/C21H25ClN2O5S/c1-14-6-7-16(22)11-18(14)23-21(25)15-5-4-10-24(13-15)30(26,27)17-8-9-19(28-2)20(12-17)29-3/h6-9,11-12,15H,4-5,10,13H2,1-3H3,(H,23,25)/t15-/m0/s1. The van der Waals surface area contributed by atoms with Gasteiger partial charge in [-0.15, -0.1) is 0 Å². The Kier molecular flexibility index (Phi) is 6.90. The fourth-order valence-corrected chi connectivity index (χ4v) is 5.18. The number of aryl methyl sites for hydroxylation is 1. The van der Waals surface area contributed by atoms with E-state index in [1.807, 2.05) is 13.0 Å². The number of rotatable bonds is 6. The van der Waals surface area contributed by atoms with Gasteiger partial charge in [0.05, 0.1) is 25.0 Å². The van der Waals surface area contributed by atoms with Crippen molar-refractivity contribution in [3.63, 3.8) is 0 Å². The van der Waals surface area contributed by atoms with Crippen molar-refractivity contribution in [3.05, 3.63) is 47.0 Å². The Bertz CT molecular complexity index is 1040. The molecule has 0 aromatic heterocycles. The Morgan fingerprint density at radius 3 is 2.57 bits per heavy atom. The molecule has 2 aromatic carbocycles. The molecule has 1 amide bonds. The lowest BCUT2D eigenvalue weighted by atomic mass is 9.98. The van der Waals surface area contributed by atoms with Crippen LogP contribution in [0.1, 0.15) is 18.4 Å². The predicted octanol–water partition coefficient (Wildman–Crippen LogP) is 3.71. The van der Waals surface area contributed by atoms with Crippen LogP contribution in [0.3, 0.4) is 0 Å². The Morgan fingerprint density at radius 2 is 1.87 bits per heavy atom. The number of amides is 1. The van der Waals surface area contributed by atoms with Crippen molar-refractivity contribution in [1.29, 1.82) is 0 Å². The van der Waals surface area contributed by atoms with Crippen LogP contribution in [0.5, 0.6) is 11.5 Å². The Balaban J connectivity index is 1.78. The highest BCUT2D eigenvalue weighted by atomic mass is 35.5. The molecule has 0 aliphatic carbocycles. The number of methoxy groups -OCH3 is 2. The first-order chi connectivity index (χ1) is 14.3. The zero-order valence-electron chi connectivity index (χ0n) is 17.1. The zero-order valence-corrected chi connectivity index (χ0v) is 18.7. The van der Waals surface area contributed by atoms with Gasteiger partial charge in [-0.1, -0.05) is 17.7 Å². The summed E-state index contributed by atoms with van der Waals surface area (Å²) in [7, 11) is -0.838. The molecule has 1 fully saturated rings. The highest BCUT2D eigenvalue weighted by molar-refractivity contribution is 7.89. The summed E-state index contributed by atoms with van der Waals surface area (Å²) in [5.74, 6) is 0.116. The van der Waals surface area contributed by atoms with E-state index in [2.05, 4.69) is 5.32 Å². The van der Waals surface area contributed by atoms with E-state index in [0.717, 1.165) is 5.56 Å². The second-order valence-corrected chi connectivity index (χ2v) is 9.54. The van der Waals surface area contributed by atoms with E-state index in [-0.39, 0.29) is 17.3 Å². The molecule has 1 aliphatic rings. The molecule has 1 N–H and O–H groups in total. The number of halogens is 1. The first-order valence-corrected chi connectivity index (χ1v) is 11.4. The number of nitrogens with one attached hydrogen (secondary N) is 1. The number of sulfonamides is 1. The third-order valence-corrected chi connectivity index (χ3v) is 7.30. The summed E-state index contributed by atoms with van der Waals surface area (Å²) in [4.78, 5) is 12.9. The van der Waals surface area contributed by atoms with Gasteiger partial charge in [-0.05, 0) is 49.6 Å². The van der Waals surface area contributed by atoms with E-state index in [1.165, 1.54) is 30.7 Å². The van der Waals surface area contributed by atoms with Gasteiger partial charge < -0.3 is 14.8 Å². The van der Waals surface area contributed by atoms with Gasteiger partial charge >= 0.3 is 0 Å². The first-order valence-electron chi connectivity index (χ1n) is 9.55. The van der Waals surface area contributed by atoms with Crippen LogP contribution in [-0.2, 0) is 14.8 Å². The topological polar surface area (TPSA) is 84.9 Å². The van der Waals surface area contributed by atoms with E-state index < -0.39 is 15.9 Å². The molecule has 0 unspecified atom stereocenters. The number of piperidine rings is 1. The Hall–Kier alpha value is -2.29. The Labute approximate surface area is 182 Å². The van der Waals surface area contributed by atoms with E-state index in [9.17, 15) is 13.2 Å². The maximum absolute atomic E-state index is 13.2. The molecule has 3 rings (SSSR count). The molecule has 1 atom stereocenters. The smallest absolute Gasteiger partial charge is 0.243 e. The largest absolute Gasteiger partial charge is 0.493 e. The van der Waals surface area contributed by atoms with Crippen molar-refractivity contribution in [2.24, 2.45) is 5.92 Å². The molecule has 1 aliphatic heterocycles. The molecular formula is C21H25ClN2O5S. The summed E-state index contributed by atoms with van der Waals surface area (Å²) in [5, 5.41) is 3.41. The fraction of sp³-hybridized carbons (Fsp3) is 0.381. The third kappa shape index (κ3) is 4.71. The highest BCUT2D eigenvalue weighted by Gasteiger charge is 2.34. The fourth-order valence-electron chi connectivity index (χ4n) is 3.46. The van der Waals surface area contributed by atoms with Gasteiger partial charge in [0.15, 0.2) is 11.5 Å². The molecular weight excluding hydrogens is 428 g/mol. The van der Waals surface area contributed by atoms with Gasteiger partial charge in [0.1, 0.15) is 0 Å². The van der Waals surface area contributed by atoms with Crippen LogP contribution in [-0.4, -0.2) is 45.9 Å². The molecule has 2 aromatic rings. The van der Waals surface area contributed by atoms with Crippen molar-refractivity contribution in [3.8, 4) is 11.5 Å². The minimum absolute atomic E-state index is 0.104. The molecule has 7 nitrogen and oxygen atoms in total. The van der Waals surface area contributed by atoms with Crippen LogP contribution in [0.4, 0.5) is 5.69 Å². The average Bonchev–Trinajstić information content (AvgIpc) is 2.75. The van der Waals surface area contributed by atoms with Crippen LogP contribution in [0, 0.1) is 12.8 Å². The summed E-state index contributed by atoms with van der Waals surface area (Å²) in [6.07, 6.45) is 1.21. The number of nitrogens with zero attached hydrogens (tertiary/aromatic N) is 1. The average molecular weight is 453 g/mol. The molecule has 9 heteroatoms. The SMILES string of the molecule is COc1ccc(S(=O)(=O)N2CCC[C@H](C(=O)Nc3cc(Cl)ccc3C)C2)cc1OC. The quantitative estimate of drug-likeness (QED) is 0.722. The first kappa shape index (κ1) is 22.4. The van der Waals surface area contributed by atoms with Crippen LogP contribution in [0.15, 0.2) is 41.3 Å². The molecule has 0 radical (unpaired) electrons. The maximum atomic E-state index is 13.2. The second-order valence-electron chi connectivity index (χ2n) is 7.17. The van der Waals surface area contributed by atoms with Gasteiger partial charge in [-0.3, -0.25) is 4.79 Å². The summed E-state index contributed by atoms with van der Waals surface area (Å²) >= 11 is 6.03. The lowest BCUT2D eigenvalue weighted by Gasteiger charge is -2.31. The molecule has 162 valence electrons. The number of hydrogen-bond donors (Lipinski definition) is 1. The monoisotopic (exact) mass is 452 g/mol. The van der Waals surface area contributed by atoms with Gasteiger partial charge in [0.25, 0.3) is 0 Å². The van der Waals surface area contributed by atoms with Crippen LogP contribution >= 0.6 is 11.6 Å². The summed E-state index contributed by atoms with van der Waals surface area (Å²) in [6, 6.07) is 9.75. The lowest BCUT2D eigenvalue weighted by molar-refractivity contribution is -0.120. The van der Waals surface area contributed by atoms with Crippen LogP contribution in [0.25, 0.3) is 0 Å². The summed E-state index contributed by atoms with van der Waals surface area (Å²) in [5.41, 5.74) is 1.52. The minimum Gasteiger partial charge on any atom is -0.493 e. The number of hydrogen-bond acceptors (Lipinski definition) is 5. The molecule has 1 saturated heterocycles.